The van der Waals surface area contributed by atoms with E-state index in [1.807, 2.05) is 50.2 Å². The molecule has 0 aliphatic rings. The van der Waals surface area contributed by atoms with Crippen LogP contribution in [0.2, 0.25) is 0 Å². The van der Waals surface area contributed by atoms with Crippen molar-refractivity contribution < 1.29 is 13.2 Å². The van der Waals surface area contributed by atoms with Crippen molar-refractivity contribution >= 4 is 21.6 Å². The molecule has 3 aromatic rings. The number of hydrogen-bond donors (Lipinski definition) is 2. The van der Waals surface area contributed by atoms with Crippen LogP contribution in [0, 0.1) is 6.92 Å². The third-order valence-electron chi connectivity index (χ3n) is 4.32. The Labute approximate surface area is 165 Å². The zero-order valence-corrected chi connectivity index (χ0v) is 16.5. The van der Waals surface area contributed by atoms with Crippen LogP contribution in [0.4, 0.5) is 5.69 Å². The smallest absolute Gasteiger partial charge is 0.261 e. The Bertz CT molecular complexity index is 1080. The second-order valence-electron chi connectivity index (χ2n) is 6.61. The van der Waals surface area contributed by atoms with Gasteiger partial charge in [-0.25, -0.2) is 8.42 Å². The maximum Gasteiger partial charge on any atom is 0.261 e. The number of anilines is 1. The Morgan fingerprint density at radius 3 is 2.32 bits per heavy atom. The largest absolute Gasteiger partial charge is 0.346 e. The lowest BCUT2D eigenvalue weighted by atomic mass is 10.1. The number of sulfonamides is 1. The number of hydrogen-bond acceptors (Lipinski definition) is 3. The quantitative estimate of drug-likeness (QED) is 0.655. The number of rotatable bonds is 6. The third-order valence-corrected chi connectivity index (χ3v) is 5.70. The lowest BCUT2D eigenvalue weighted by Crippen LogP contribution is -2.26. The highest BCUT2D eigenvalue weighted by atomic mass is 32.2. The molecule has 1 atom stereocenters. The minimum Gasteiger partial charge on any atom is -0.346 e. The second-order valence-corrected chi connectivity index (χ2v) is 8.29. The number of benzene rings is 3. The van der Waals surface area contributed by atoms with Crippen LogP contribution < -0.4 is 10.0 Å². The van der Waals surface area contributed by atoms with Crippen LogP contribution in [0.1, 0.15) is 34.5 Å². The van der Waals surface area contributed by atoms with E-state index in [0.717, 1.165) is 11.1 Å². The van der Waals surface area contributed by atoms with Crippen molar-refractivity contribution in [1.82, 2.24) is 5.32 Å². The fourth-order valence-corrected chi connectivity index (χ4v) is 3.93. The van der Waals surface area contributed by atoms with Gasteiger partial charge in [-0.3, -0.25) is 9.52 Å². The molecule has 0 bridgehead atoms. The van der Waals surface area contributed by atoms with Crippen molar-refractivity contribution in [3.63, 3.8) is 0 Å². The third kappa shape index (κ3) is 4.78. The van der Waals surface area contributed by atoms with Crippen molar-refractivity contribution in [1.29, 1.82) is 0 Å². The monoisotopic (exact) mass is 394 g/mol. The molecule has 144 valence electrons. The zero-order chi connectivity index (χ0) is 20.1. The molecule has 0 heterocycles. The maximum atomic E-state index is 12.7. The Morgan fingerprint density at radius 1 is 0.893 bits per heavy atom. The molecule has 1 amide bonds. The summed E-state index contributed by atoms with van der Waals surface area (Å²) in [4.78, 5) is 12.6. The number of carbonyl (C=O) groups is 1. The van der Waals surface area contributed by atoms with Gasteiger partial charge < -0.3 is 5.32 Å². The van der Waals surface area contributed by atoms with Gasteiger partial charge >= 0.3 is 0 Å². The van der Waals surface area contributed by atoms with Crippen molar-refractivity contribution in [2.24, 2.45) is 0 Å². The number of nitrogens with one attached hydrogen (secondary N) is 2. The van der Waals surface area contributed by atoms with Crippen LogP contribution in [0.3, 0.4) is 0 Å². The summed E-state index contributed by atoms with van der Waals surface area (Å²) in [6.07, 6.45) is 0. The van der Waals surface area contributed by atoms with Crippen molar-refractivity contribution in [2.75, 3.05) is 4.72 Å². The van der Waals surface area contributed by atoms with Crippen LogP contribution in [0.15, 0.2) is 83.8 Å². The Morgan fingerprint density at radius 2 is 1.61 bits per heavy atom. The van der Waals surface area contributed by atoms with Crippen molar-refractivity contribution in [2.45, 2.75) is 24.8 Å². The Kier molecular flexibility index (Phi) is 5.80. The molecule has 0 unspecified atom stereocenters. The fourth-order valence-electron chi connectivity index (χ4n) is 2.83. The normalized spacial score (nSPS) is 12.2. The summed E-state index contributed by atoms with van der Waals surface area (Å²) < 4.78 is 27.9. The van der Waals surface area contributed by atoms with Crippen LogP contribution in [0.5, 0.6) is 0 Å². The molecule has 3 rings (SSSR count). The number of amides is 1. The van der Waals surface area contributed by atoms with Crippen molar-refractivity contribution in [3.8, 4) is 0 Å². The fraction of sp³-hybridized carbons (Fsp3) is 0.136. The van der Waals surface area contributed by atoms with Gasteiger partial charge in [0.05, 0.1) is 10.9 Å². The van der Waals surface area contributed by atoms with Gasteiger partial charge in [-0.05, 0) is 55.3 Å². The predicted octanol–water partition coefficient (Wildman–Crippen LogP) is 4.29. The van der Waals surface area contributed by atoms with Gasteiger partial charge in [0.2, 0.25) is 0 Å². The molecule has 5 nitrogen and oxygen atoms in total. The van der Waals surface area contributed by atoms with Crippen molar-refractivity contribution in [3.05, 3.63) is 95.6 Å². The molecule has 2 N–H and O–H groups in total. The summed E-state index contributed by atoms with van der Waals surface area (Å²) in [5.74, 6) is -0.330. The zero-order valence-electron chi connectivity index (χ0n) is 15.7. The molecule has 0 spiro atoms. The molecule has 6 heteroatoms. The molecule has 0 aliphatic carbocycles. The SMILES string of the molecule is Cc1cccc(NS(=O)(=O)c2cccc(C(=O)N[C@@H](C)c3ccccc3)c2)c1. The first kappa shape index (κ1) is 19.6. The molecule has 0 aliphatic heterocycles. The van der Waals surface area contributed by atoms with E-state index >= 15 is 0 Å². The summed E-state index contributed by atoms with van der Waals surface area (Å²) in [7, 11) is -3.80. The van der Waals surface area contributed by atoms with Crippen LogP contribution in [-0.2, 0) is 10.0 Å². The summed E-state index contributed by atoms with van der Waals surface area (Å²) in [6.45, 7) is 3.77. The molecule has 0 saturated heterocycles. The van der Waals surface area contributed by atoms with E-state index in [2.05, 4.69) is 10.0 Å². The molecule has 3 aromatic carbocycles. The second kappa shape index (κ2) is 8.27. The first-order chi connectivity index (χ1) is 13.3. The standard InChI is InChI=1S/C22H22N2O3S/c1-16-8-6-12-20(14-16)24-28(26,27)21-13-7-11-19(15-21)22(25)23-17(2)18-9-4-3-5-10-18/h3-15,17,24H,1-2H3,(H,23,25)/t17-/m0/s1. The molecule has 28 heavy (non-hydrogen) atoms. The highest BCUT2D eigenvalue weighted by molar-refractivity contribution is 7.92. The molecular weight excluding hydrogens is 372 g/mol. The molecule has 0 aromatic heterocycles. The average Bonchev–Trinajstić information content (AvgIpc) is 2.68. The molecule has 0 radical (unpaired) electrons. The summed E-state index contributed by atoms with van der Waals surface area (Å²) in [5, 5.41) is 2.89. The molecular formula is C22H22N2O3S. The summed E-state index contributed by atoms with van der Waals surface area (Å²) in [6, 6.07) is 22.5. The minimum atomic E-state index is -3.80. The van der Waals surface area contributed by atoms with Gasteiger partial charge in [0, 0.05) is 11.3 Å². The van der Waals surface area contributed by atoms with E-state index in [1.54, 1.807) is 30.3 Å². The summed E-state index contributed by atoms with van der Waals surface area (Å²) >= 11 is 0. The van der Waals surface area contributed by atoms with Gasteiger partial charge in [0.15, 0.2) is 0 Å². The Hall–Kier alpha value is -3.12. The van der Waals surface area contributed by atoms with Gasteiger partial charge in [0.1, 0.15) is 0 Å². The topological polar surface area (TPSA) is 75.3 Å². The van der Waals surface area contributed by atoms with Gasteiger partial charge in [-0.2, -0.15) is 0 Å². The van der Waals surface area contributed by atoms with E-state index in [9.17, 15) is 13.2 Å². The molecule has 0 fully saturated rings. The lowest BCUT2D eigenvalue weighted by Gasteiger charge is -2.15. The number of carbonyl (C=O) groups excluding carboxylic acids is 1. The van der Waals surface area contributed by atoms with E-state index in [1.165, 1.54) is 12.1 Å². The summed E-state index contributed by atoms with van der Waals surface area (Å²) in [5.41, 5.74) is 2.69. The first-order valence-electron chi connectivity index (χ1n) is 8.90. The number of aryl methyl sites for hydroxylation is 1. The van der Waals surface area contributed by atoms with Crippen LogP contribution in [-0.4, -0.2) is 14.3 Å². The van der Waals surface area contributed by atoms with Crippen LogP contribution >= 0.6 is 0 Å². The lowest BCUT2D eigenvalue weighted by molar-refractivity contribution is 0.0939. The molecule has 0 saturated carbocycles. The van der Waals surface area contributed by atoms with E-state index < -0.39 is 10.0 Å². The minimum absolute atomic E-state index is 0.0361. The predicted molar refractivity (Wildman–Crippen MR) is 111 cm³/mol. The average molecular weight is 394 g/mol. The van der Waals surface area contributed by atoms with Crippen LogP contribution in [0.25, 0.3) is 0 Å². The highest BCUT2D eigenvalue weighted by Gasteiger charge is 2.18. The van der Waals surface area contributed by atoms with Gasteiger partial charge in [-0.15, -0.1) is 0 Å². The first-order valence-corrected chi connectivity index (χ1v) is 10.4. The Balaban J connectivity index is 1.78. The van der Waals surface area contributed by atoms with E-state index in [0.29, 0.717) is 5.69 Å². The van der Waals surface area contributed by atoms with E-state index in [4.69, 9.17) is 0 Å². The van der Waals surface area contributed by atoms with Gasteiger partial charge in [0.25, 0.3) is 15.9 Å². The van der Waals surface area contributed by atoms with Gasteiger partial charge in [-0.1, -0.05) is 48.5 Å². The highest BCUT2D eigenvalue weighted by Crippen LogP contribution is 2.19. The maximum absolute atomic E-state index is 12.7. The van der Waals surface area contributed by atoms with E-state index in [-0.39, 0.29) is 22.4 Å².